The standard InChI is InChI=1S/C27H49N3O4/c1-11-20-14-15-21(29(9)17-20)24(31)28-23(27(7,8)12-2)25(32)30(10)22(18(4)5)16-19(6)26(33)34-13-3/h16,18,20-23H,11-15,17H2,1-10H3,(H,28,31)/b19-16+/t20?,21?,22-,23?/m1/s1. The molecule has 1 aliphatic heterocycles. The van der Waals surface area contributed by atoms with Crippen LogP contribution in [0.3, 0.4) is 0 Å². The second kappa shape index (κ2) is 13.3. The molecule has 1 rings (SSSR count). The Bertz CT molecular complexity index is 731. The first-order valence-corrected chi connectivity index (χ1v) is 12.9. The average Bonchev–Trinajstić information content (AvgIpc) is 2.79. The summed E-state index contributed by atoms with van der Waals surface area (Å²) in [7, 11) is 3.75. The normalized spacial score (nSPS) is 21.7. The van der Waals surface area contributed by atoms with Gasteiger partial charge in [-0.3, -0.25) is 14.5 Å². The van der Waals surface area contributed by atoms with Crippen molar-refractivity contribution in [3.05, 3.63) is 11.6 Å². The Hall–Kier alpha value is -1.89. The van der Waals surface area contributed by atoms with Crippen LogP contribution < -0.4 is 5.32 Å². The molecule has 7 heteroatoms. The number of likely N-dealkylation sites (tertiary alicyclic amines) is 1. The topological polar surface area (TPSA) is 79.0 Å². The van der Waals surface area contributed by atoms with Gasteiger partial charge < -0.3 is 15.0 Å². The van der Waals surface area contributed by atoms with Crippen LogP contribution in [-0.2, 0) is 19.1 Å². The molecule has 1 aliphatic rings. The third kappa shape index (κ3) is 7.82. The summed E-state index contributed by atoms with van der Waals surface area (Å²) in [6.07, 6.45) is 5.49. The summed E-state index contributed by atoms with van der Waals surface area (Å²) in [5.74, 6) is 0.0978. The average molecular weight is 480 g/mol. The van der Waals surface area contributed by atoms with E-state index in [0.717, 1.165) is 32.2 Å². The molecule has 1 heterocycles. The second-order valence-electron chi connectivity index (χ2n) is 10.8. The summed E-state index contributed by atoms with van der Waals surface area (Å²) >= 11 is 0. The maximum atomic E-state index is 13.8. The van der Waals surface area contributed by atoms with Crippen molar-refractivity contribution < 1.29 is 19.1 Å². The van der Waals surface area contributed by atoms with E-state index in [-0.39, 0.29) is 35.8 Å². The van der Waals surface area contributed by atoms with Gasteiger partial charge in [-0.2, -0.15) is 0 Å². The number of ether oxygens (including phenoxy) is 1. The van der Waals surface area contributed by atoms with Gasteiger partial charge in [0.05, 0.1) is 18.7 Å². The maximum Gasteiger partial charge on any atom is 0.333 e. The van der Waals surface area contributed by atoms with Gasteiger partial charge in [0.15, 0.2) is 0 Å². The largest absolute Gasteiger partial charge is 0.463 e. The molecule has 34 heavy (non-hydrogen) atoms. The molecule has 0 aromatic heterocycles. The van der Waals surface area contributed by atoms with Crippen LogP contribution in [-0.4, -0.2) is 73.0 Å². The minimum atomic E-state index is -0.662. The first-order valence-electron chi connectivity index (χ1n) is 12.9. The maximum absolute atomic E-state index is 13.8. The fourth-order valence-corrected chi connectivity index (χ4v) is 4.61. The summed E-state index contributed by atoms with van der Waals surface area (Å²) in [5, 5.41) is 3.13. The Morgan fingerprint density at radius 1 is 1.18 bits per heavy atom. The first-order chi connectivity index (χ1) is 15.8. The van der Waals surface area contributed by atoms with E-state index in [4.69, 9.17) is 4.74 Å². The van der Waals surface area contributed by atoms with Crippen molar-refractivity contribution in [1.29, 1.82) is 0 Å². The molecule has 0 aromatic carbocycles. The number of rotatable bonds is 11. The van der Waals surface area contributed by atoms with Crippen molar-refractivity contribution in [2.75, 3.05) is 27.2 Å². The lowest BCUT2D eigenvalue weighted by molar-refractivity contribution is -0.142. The van der Waals surface area contributed by atoms with E-state index in [1.807, 2.05) is 41.7 Å². The summed E-state index contributed by atoms with van der Waals surface area (Å²) in [6.45, 7) is 17.0. The molecular formula is C27H49N3O4. The molecule has 0 aliphatic carbocycles. The van der Waals surface area contributed by atoms with Gasteiger partial charge in [0, 0.05) is 19.2 Å². The van der Waals surface area contributed by atoms with Crippen molar-refractivity contribution in [1.82, 2.24) is 15.1 Å². The van der Waals surface area contributed by atoms with Crippen LogP contribution >= 0.6 is 0 Å². The molecule has 1 saturated heterocycles. The molecule has 4 atom stereocenters. The van der Waals surface area contributed by atoms with E-state index in [1.54, 1.807) is 31.9 Å². The first kappa shape index (κ1) is 30.1. The zero-order valence-electron chi connectivity index (χ0n) is 23.2. The van der Waals surface area contributed by atoms with Gasteiger partial charge in [-0.15, -0.1) is 0 Å². The molecule has 0 saturated carbocycles. The van der Waals surface area contributed by atoms with Crippen LogP contribution in [0.1, 0.15) is 81.1 Å². The van der Waals surface area contributed by atoms with Crippen molar-refractivity contribution in [2.45, 2.75) is 99.2 Å². The second-order valence-corrected chi connectivity index (χ2v) is 10.8. The SMILES string of the molecule is CCOC(=O)/C(C)=C/[C@H](C(C)C)N(C)C(=O)C(NC(=O)C1CCC(CC)CN1C)C(C)(C)CC. The predicted octanol–water partition coefficient (Wildman–Crippen LogP) is 4.02. The molecule has 1 fully saturated rings. The van der Waals surface area contributed by atoms with E-state index in [1.165, 1.54) is 0 Å². The molecule has 0 spiro atoms. The van der Waals surface area contributed by atoms with Gasteiger partial charge in [-0.05, 0) is 57.4 Å². The zero-order chi connectivity index (χ0) is 26.2. The smallest absolute Gasteiger partial charge is 0.333 e. The van der Waals surface area contributed by atoms with Gasteiger partial charge >= 0.3 is 5.97 Å². The third-order valence-electron chi connectivity index (χ3n) is 7.53. The highest BCUT2D eigenvalue weighted by Crippen LogP contribution is 2.29. The zero-order valence-corrected chi connectivity index (χ0v) is 23.2. The van der Waals surface area contributed by atoms with Gasteiger partial charge in [0.1, 0.15) is 6.04 Å². The van der Waals surface area contributed by atoms with E-state index < -0.39 is 11.5 Å². The van der Waals surface area contributed by atoms with Gasteiger partial charge in [0.25, 0.3) is 0 Å². The monoisotopic (exact) mass is 479 g/mol. The van der Waals surface area contributed by atoms with E-state index in [0.29, 0.717) is 18.1 Å². The molecule has 0 aromatic rings. The van der Waals surface area contributed by atoms with Crippen LogP contribution in [0.15, 0.2) is 11.6 Å². The Morgan fingerprint density at radius 3 is 2.26 bits per heavy atom. The quantitative estimate of drug-likeness (QED) is 0.358. The van der Waals surface area contributed by atoms with Crippen LogP contribution in [0.4, 0.5) is 0 Å². The van der Waals surface area contributed by atoms with E-state index in [9.17, 15) is 14.4 Å². The minimum absolute atomic E-state index is 0.0786. The molecule has 0 bridgehead atoms. The van der Waals surface area contributed by atoms with Gasteiger partial charge in [0.2, 0.25) is 11.8 Å². The summed E-state index contributed by atoms with van der Waals surface area (Å²) in [5.41, 5.74) is 0.0478. The number of carbonyl (C=O) groups excluding carboxylic acids is 3. The van der Waals surface area contributed by atoms with Crippen LogP contribution in [0.25, 0.3) is 0 Å². The highest BCUT2D eigenvalue weighted by Gasteiger charge is 2.41. The van der Waals surface area contributed by atoms with Crippen molar-refractivity contribution >= 4 is 17.8 Å². The molecule has 196 valence electrons. The number of carbonyl (C=O) groups is 3. The number of esters is 1. The van der Waals surface area contributed by atoms with Crippen LogP contribution in [0, 0.1) is 17.3 Å². The number of amides is 2. The van der Waals surface area contributed by atoms with Crippen molar-refractivity contribution in [2.24, 2.45) is 17.3 Å². The Morgan fingerprint density at radius 2 is 1.79 bits per heavy atom. The predicted molar refractivity (Wildman–Crippen MR) is 137 cm³/mol. The Balaban J connectivity index is 3.16. The fourth-order valence-electron chi connectivity index (χ4n) is 4.61. The van der Waals surface area contributed by atoms with E-state index in [2.05, 4.69) is 17.1 Å². The number of hydrogen-bond acceptors (Lipinski definition) is 5. The lowest BCUT2D eigenvalue weighted by Crippen LogP contribution is -2.60. The lowest BCUT2D eigenvalue weighted by atomic mass is 9.80. The Kier molecular flexibility index (Phi) is 11.8. The molecule has 1 N–H and O–H groups in total. The highest BCUT2D eigenvalue weighted by molar-refractivity contribution is 5.91. The molecule has 2 amide bonds. The van der Waals surface area contributed by atoms with Gasteiger partial charge in [-0.1, -0.05) is 54.0 Å². The number of piperidine rings is 1. The van der Waals surface area contributed by atoms with Crippen molar-refractivity contribution in [3.8, 4) is 0 Å². The van der Waals surface area contributed by atoms with Gasteiger partial charge in [-0.25, -0.2) is 4.79 Å². The highest BCUT2D eigenvalue weighted by atomic mass is 16.5. The molecule has 3 unspecified atom stereocenters. The minimum Gasteiger partial charge on any atom is -0.463 e. The van der Waals surface area contributed by atoms with Crippen LogP contribution in [0.2, 0.25) is 0 Å². The lowest BCUT2D eigenvalue weighted by Gasteiger charge is -2.41. The summed E-state index contributed by atoms with van der Waals surface area (Å²) < 4.78 is 5.12. The summed E-state index contributed by atoms with van der Waals surface area (Å²) in [6, 6.07) is -1.18. The number of nitrogens with zero attached hydrogens (tertiary/aromatic N) is 2. The number of nitrogens with one attached hydrogen (secondary N) is 1. The Labute approximate surface area is 207 Å². The number of hydrogen-bond donors (Lipinski definition) is 1. The molecule has 7 nitrogen and oxygen atoms in total. The van der Waals surface area contributed by atoms with Crippen LogP contribution in [0.5, 0.6) is 0 Å². The van der Waals surface area contributed by atoms with Crippen molar-refractivity contribution in [3.63, 3.8) is 0 Å². The summed E-state index contributed by atoms with van der Waals surface area (Å²) in [4.78, 5) is 43.1. The number of likely N-dealkylation sites (N-methyl/N-ethyl adjacent to an activating group) is 2. The molecular weight excluding hydrogens is 430 g/mol. The fraction of sp³-hybridized carbons (Fsp3) is 0.815. The third-order valence-corrected chi connectivity index (χ3v) is 7.53. The van der Waals surface area contributed by atoms with E-state index >= 15 is 0 Å². The molecule has 0 radical (unpaired) electrons.